The molecule has 3 aromatic rings. The zero-order chi connectivity index (χ0) is 18.4. The molecule has 0 fully saturated rings. The van der Waals surface area contributed by atoms with Gasteiger partial charge in [-0.15, -0.1) is 21.5 Å². The van der Waals surface area contributed by atoms with Gasteiger partial charge in [0.15, 0.2) is 0 Å². The van der Waals surface area contributed by atoms with Gasteiger partial charge in [-0.25, -0.2) is 4.79 Å². The summed E-state index contributed by atoms with van der Waals surface area (Å²) >= 11 is 1.50. The van der Waals surface area contributed by atoms with Crippen LogP contribution in [0.2, 0.25) is 0 Å². The van der Waals surface area contributed by atoms with E-state index in [1.54, 1.807) is 31.2 Å². The highest BCUT2D eigenvalue weighted by Crippen LogP contribution is 2.23. The van der Waals surface area contributed by atoms with Gasteiger partial charge < -0.3 is 14.5 Å². The van der Waals surface area contributed by atoms with Crippen molar-refractivity contribution in [1.29, 1.82) is 0 Å². The van der Waals surface area contributed by atoms with Crippen LogP contribution in [0.25, 0.3) is 10.8 Å². The predicted molar refractivity (Wildman–Crippen MR) is 97.0 cm³/mol. The molecule has 1 aromatic carbocycles. The van der Waals surface area contributed by atoms with Gasteiger partial charge in [0.2, 0.25) is 11.8 Å². The molecular weight excluding hydrogens is 354 g/mol. The molecule has 3 rings (SSSR count). The number of aryl methyl sites for hydroxylation is 1. The van der Waals surface area contributed by atoms with Crippen molar-refractivity contribution < 1.29 is 18.7 Å². The van der Waals surface area contributed by atoms with Crippen molar-refractivity contribution in [1.82, 2.24) is 10.2 Å². The summed E-state index contributed by atoms with van der Waals surface area (Å²) in [4.78, 5) is 25.0. The van der Waals surface area contributed by atoms with Crippen LogP contribution in [0.3, 0.4) is 0 Å². The fourth-order valence-corrected chi connectivity index (χ4v) is 2.91. The molecule has 0 atom stereocenters. The van der Waals surface area contributed by atoms with E-state index in [-0.39, 0.29) is 18.9 Å². The summed E-state index contributed by atoms with van der Waals surface area (Å²) < 4.78 is 10.6. The monoisotopic (exact) mass is 371 g/mol. The summed E-state index contributed by atoms with van der Waals surface area (Å²) in [5.41, 5.74) is 0.737. The molecule has 0 spiro atoms. The Morgan fingerprint density at radius 2 is 2.04 bits per heavy atom. The number of anilines is 1. The van der Waals surface area contributed by atoms with Gasteiger partial charge in [-0.1, -0.05) is 18.2 Å². The van der Waals surface area contributed by atoms with Crippen LogP contribution in [-0.2, 0) is 16.0 Å². The van der Waals surface area contributed by atoms with E-state index in [0.29, 0.717) is 29.5 Å². The highest BCUT2D eigenvalue weighted by Gasteiger charge is 2.15. The third-order valence-electron chi connectivity index (χ3n) is 3.46. The number of para-hydroxylation sites is 1. The second-order valence-electron chi connectivity index (χ2n) is 5.29. The summed E-state index contributed by atoms with van der Waals surface area (Å²) in [6, 6.07) is 10.5. The second kappa shape index (κ2) is 8.39. The van der Waals surface area contributed by atoms with E-state index in [2.05, 4.69) is 15.5 Å². The number of ether oxygens (including phenoxy) is 1. The Labute approximate surface area is 154 Å². The largest absolute Gasteiger partial charge is 0.462 e. The molecule has 0 saturated carbocycles. The number of hydrogen-bond acceptors (Lipinski definition) is 7. The number of rotatable bonds is 7. The van der Waals surface area contributed by atoms with E-state index in [9.17, 15) is 9.59 Å². The van der Waals surface area contributed by atoms with E-state index in [0.717, 1.165) is 4.88 Å². The van der Waals surface area contributed by atoms with Crippen LogP contribution in [0.4, 0.5) is 5.69 Å². The van der Waals surface area contributed by atoms with E-state index in [4.69, 9.17) is 9.15 Å². The number of nitrogens with one attached hydrogen (secondary N) is 1. The minimum atomic E-state index is -0.471. The number of carbonyl (C=O) groups excluding carboxylic acids is 2. The SMILES string of the molecule is CCOC(=O)c1ccccc1NC(=O)CCc1nnc(-c2cccs2)o1. The number of esters is 1. The molecule has 134 valence electrons. The molecular formula is C18H17N3O4S. The third kappa shape index (κ3) is 4.34. The number of carbonyl (C=O) groups is 2. The zero-order valence-electron chi connectivity index (χ0n) is 14.1. The normalized spacial score (nSPS) is 10.5. The molecule has 1 amide bonds. The van der Waals surface area contributed by atoms with Crippen LogP contribution in [0.5, 0.6) is 0 Å². The first-order valence-corrected chi connectivity index (χ1v) is 8.97. The topological polar surface area (TPSA) is 94.3 Å². The number of nitrogens with zero attached hydrogens (tertiary/aromatic N) is 2. The Morgan fingerprint density at radius 3 is 2.81 bits per heavy atom. The molecule has 2 aromatic heterocycles. The molecule has 7 nitrogen and oxygen atoms in total. The lowest BCUT2D eigenvalue weighted by Gasteiger charge is -2.09. The van der Waals surface area contributed by atoms with Crippen LogP contribution >= 0.6 is 11.3 Å². The van der Waals surface area contributed by atoms with E-state index in [1.165, 1.54) is 11.3 Å². The van der Waals surface area contributed by atoms with Gasteiger partial charge in [-0.05, 0) is 30.5 Å². The smallest absolute Gasteiger partial charge is 0.340 e. The molecule has 8 heteroatoms. The van der Waals surface area contributed by atoms with Crippen molar-refractivity contribution in [3.8, 4) is 10.8 Å². The van der Waals surface area contributed by atoms with Crippen molar-refractivity contribution in [2.75, 3.05) is 11.9 Å². The number of hydrogen-bond donors (Lipinski definition) is 1. The minimum Gasteiger partial charge on any atom is -0.462 e. The van der Waals surface area contributed by atoms with Crippen LogP contribution in [0.15, 0.2) is 46.2 Å². The lowest BCUT2D eigenvalue weighted by Crippen LogP contribution is -2.16. The molecule has 0 aliphatic heterocycles. The summed E-state index contributed by atoms with van der Waals surface area (Å²) in [6.07, 6.45) is 0.467. The Balaban J connectivity index is 1.59. The van der Waals surface area contributed by atoms with Crippen molar-refractivity contribution in [2.45, 2.75) is 19.8 Å². The Hall–Kier alpha value is -3.00. The maximum atomic E-state index is 12.2. The molecule has 1 N–H and O–H groups in total. The number of amides is 1. The number of aromatic nitrogens is 2. The van der Waals surface area contributed by atoms with Gasteiger partial charge in [0.25, 0.3) is 5.89 Å². The summed E-state index contributed by atoms with van der Waals surface area (Å²) in [6.45, 7) is 2.00. The van der Waals surface area contributed by atoms with E-state index in [1.807, 2.05) is 17.5 Å². The third-order valence-corrected chi connectivity index (χ3v) is 4.32. The van der Waals surface area contributed by atoms with E-state index >= 15 is 0 Å². The Kier molecular flexibility index (Phi) is 5.75. The molecule has 0 saturated heterocycles. The Bertz CT molecular complexity index is 889. The van der Waals surface area contributed by atoms with Crippen LogP contribution < -0.4 is 5.32 Å². The predicted octanol–water partition coefficient (Wildman–Crippen LogP) is 3.55. The van der Waals surface area contributed by atoms with Crippen molar-refractivity contribution in [3.63, 3.8) is 0 Å². The first-order chi connectivity index (χ1) is 12.7. The van der Waals surface area contributed by atoms with Gasteiger partial charge in [0, 0.05) is 12.8 Å². The van der Waals surface area contributed by atoms with Crippen molar-refractivity contribution >= 4 is 28.9 Å². The maximum Gasteiger partial charge on any atom is 0.340 e. The first kappa shape index (κ1) is 17.8. The van der Waals surface area contributed by atoms with Gasteiger partial charge >= 0.3 is 5.97 Å². The zero-order valence-corrected chi connectivity index (χ0v) is 14.9. The highest BCUT2D eigenvalue weighted by atomic mass is 32.1. The summed E-state index contributed by atoms with van der Waals surface area (Å²) in [5, 5.41) is 12.6. The highest BCUT2D eigenvalue weighted by molar-refractivity contribution is 7.13. The first-order valence-electron chi connectivity index (χ1n) is 8.09. The average molecular weight is 371 g/mol. The molecule has 26 heavy (non-hydrogen) atoms. The van der Waals surface area contributed by atoms with Crippen LogP contribution in [0, 0.1) is 0 Å². The summed E-state index contributed by atoms with van der Waals surface area (Å²) in [5.74, 6) is 0.115. The minimum absolute atomic E-state index is 0.156. The molecule has 0 bridgehead atoms. The molecule has 0 radical (unpaired) electrons. The van der Waals surface area contributed by atoms with Gasteiger partial charge in [-0.2, -0.15) is 0 Å². The van der Waals surface area contributed by atoms with Crippen LogP contribution in [-0.4, -0.2) is 28.7 Å². The number of thiophene rings is 1. The van der Waals surface area contributed by atoms with Crippen LogP contribution in [0.1, 0.15) is 29.6 Å². The second-order valence-corrected chi connectivity index (χ2v) is 6.24. The standard InChI is InChI=1S/C18H17N3O4S/c1-2-24-18(23)12-6-3-4-7-13(12)19-15(22)9-10-16-20-21-17(25-16)14-8-5-11-26-14/h3-8,11H,2,9-10H2,1H3,(H,19,22). The molecule has 2 heterocycles. The average Bonchev–Trinajstić information content (AvgIpc) is 3.32. The maximum absolute atomic E-state index is 12.2. The van der Waals surface area contributed by atoms with Gasteiger partial charge in [-0.3, -0.25) is 4.79 Å². The lowest BCUT2D eigenvalue weighted by atomic mass is 10.1. The Morgan fingerprint density at radius 1 is 1.19 bits per heavy atom. The lowest BCUT2D eigenvalue weighted by molar-refractivity contribution is -0.116. The molecule has 0 aliphatic carbocycles. The fourth-order valence-electron chi connectivity index (χ4n) is 2.27. The molecule has 0 unspecified atom stereocenters. The van der Waals surface area contributed by atoms with Gasteiger partial charge in [0.1, 0.15) is 0 Å². The fraction of sp³-hybridized carbons (Fsp3) is 0.222. The van der Waals surface area contributed by atoms with E-state index < -0.39 is 5.97 Å². The quantitative estimate of drug-likeness (QED) is 0.638. The molecule has 0 aliphatic rings. The van der Waals surface area contributed by atoms with Crippen molar-refractivity contribution in [2.24, 2.45) is 0 Å². The van der Waals surface area contributed by atoms with Gasteiger partial charge in [0.05, 0.1) is 22.7 Å². The summed E-state index contributed by atoms with van der Waals surface area (Å²) in [7, 11) is 0. The number of benzene rings is 1. The van der Waals surface area contributed by atoms with Crippen molar-refractivity contribution in [3.05, 3.63) is 53.2 Å².